The Morgan fingerprint density at radius 2 is 1.14 bits per heavy atom. The summed E-state index contributed by atoms with van der Waals surface area (Å²) in [4.78, 5) is 7.20. The van der Waals surface area contributed by atoms with Crippen LogP contribution in [0, 0.1) is 0 Å². The van der Waals surface area contributed by atoms with E-state index >= 15 is 0 Å². The number of hydrogen-bond acceptors (Lipinski definition) is 5. The lowest BCUT2D eigenvalue weighted by atomic mass is 9.97. The number of aryl methyl sites for hydroxylation is 1. The Bertz CT molecular complexity index is 1360. The van der Waals surface area contributed by atoms with Gasteiger partial charge in [-0.15, -0.1) is 56.7 Å². The van der Waals surface area contributed by atoms with Gasteiger partial charge in [0.1, 0.15) is 0 Å². The second kappa shape index (κ2) is 13.5. The molecule has 0 bridgehead atoms. The maximum Gasteiger partial charge on any atom is 0.0532 e. The smallest absolute Gasteiger partial charge is 0.0532 e. The molecule has 5 rings (SSSR count). The van der Waals surface area contributed by atoms with E-state index in [9.17, 15) is 0 Å². The number of rotatable bonds is 14. The van der Waals surface area contributed by atoms with Gasteiger partial charge in [0, 0.05) is 36.2 Å². The highest BCUT2D eigenvalue weighted by atomic mass is 32.1. The van der Waals surface area contributed by atoms with Crippen molar-refractivity contribution >= 4 is 56.7 Å². The third kappa shape index (κ3) is 6.23. The molecule has 0 aliphatic rings. The molecule has 37 heavy (non-hydrogen) atoms. The van der Waals surface area contributed by atoms with Crippen LogP contribution in [0.2, 0.25) is 0 Å². The molecule has 5 heterocycles. The SMILES string of the molecule is CCCCCCc1csc(-c2sccc2-c2sccc2-c2sccc2-c2cccs2)c1CCCCCC. The summed E-state index contributed by atoms with van der Waals surface area (Å²) in [5.41, 5.74) is 7.46. The van der Waals surface area contributed by atoms with Gasteiger partial charge in [-0.25, -0.2) is 0 Å². The van der Waals surface area contributed by atoms with Crippen LogP contribution in [0.5, 0.6) is 0 Å². The maximum absolute atomic E-state index is 2.49. The molecule has 0 saturated heterocycles. The summed E-state index contributed by atoms with van der Waals surface area (Å²) >= 11 is 9.54. The Labute approximate surface area is 242 Å². The van der Waals surface area contributed by atoms with E-state index in [0.717, 1.165) is 0 Å². The first-order valence-corrected chi connectivity index (χ1v) is 18.1. The van der Waals surface area contributed by atoms with Crippen LogP contribution in [0.3, 0.4) is 0 Å². The number of thiophene rings is 5. The average Bonchev–Trinajstić information content (AvgIpc) is 3.72. The lowest BCUT2D eigenvalue weighted by Gasteiger charge is -2.10. The topological polar surface area (TPSA) is 0 Å². The second-order valence-electron chi connectivity index (χ2n) is 9.66. The Morgan fingerprint density at radius 1 is 0.514 bits per heavy atom. The average molecular weight is 581 g/mol. The van der Waals surface area contributed by atoms with Crippen molar-refractivity contribution in [1.82, 2.24) is 0 Å². The van der Waals surface area contributed by atoms with Crippen molar-refractivity contribution < 1.29 is 0 Å². The van der Waals surface area contributed by atoms with E-state index in [4.69, 9.17) is 0 Å². The van der Waals surface area contributed by atoms with Crippen LogP contribution in [0.1, 0.15) is 76.3 Å². The summed E-state index contributed by atoms with van der Waals surface area (Å²) in [6, 6.07) is 11.4. The zero-order chi connectivity index (χ0) is 25.5. The van der Waals surface area contributed by atoms with Gasteiger partial charge in [-0.05, 0) is 88.0 Å². The predicted molar refractivity (Wildman–Crippen MR) is 173 cm³/mol. The number of unbranched alkanes of at least 4 members (excludes halogenated alkanes) is 6. The Kier molecular flexibility index (Phi) is 9.90. The molecular formula is C32H36S5. The van der Waals surface area contributed by atoms with Crippen LogP contribution in [0.4, 0.5) is 0 Å². The number of hydrogen-bond donors (Lipinski definition) is 0. The third-order valence-electron chi connectivity index (χ3n) is 7.04. The van der Waals surface area contributed by atoms with Crippen molar-refractivity contribution in [1.29, 1.82) is 0 Å². The molecule has 0 amide bonds. The summed E-state index contributed by atoms with van der Waals surface area (Å²) in [6.07, 6.45) is 13.1. The van der Waals surface area contributed by atoms with Crippen LogP contribution in [-0.2, 0) is 12.8 Å². The molecule has 0 atom stereocenters. The fraction of sp³-hybridized carbons (Fsp3) is 0.375. The molecule has 0 fully saturated rings. The lowest BCUT2D eigenvalue weighted by molar-refractivity contribution is 0.652. The highest BCUT2D eigenvalue weighted by Crippen LogP contribution is 2.50. The van der Waals surface area contributed by atoms with Crippen LogP contribution in [0.25, 0.3) is 41.1 Å². The molecule has 5 heteroatoms. The monoisotopic (exact) mass is 580 g/mol. The molecule has 194 valence electrons. The molecular weight excluding hydrogens is 545 g/mol. The minimum atomic E-state index is 1.23. The minimum Gasteiger partial charge on any atom is -0.144 e. The summed E-state index contributed by atoms with van der Waals surface area (Å²) in [5, 5.41) is 11.5. The normalized spacial score (nSPS) is 11.5. The van der Waals surface area contributed by atoms with Gasteiger partial charge in [0.2, 0.25) is 0 Å². The standard InChI is InChI=1S/C32H36S5/c1-3-5-7-9-12-23-22-37-31(24(23)13-10-8-6-4-2)32-27(17-21-36-32)30-26(16-20-35-30)29-25(15-19-34-29)28-14-11-18-33-28/h11,14-22H,3-10,12-13H2,1-2H3. The second-order valence-corrected chi connectivity index (χ2v) is 14.2. The summed E-state index contributed by atoms with van der Waals surface area (Å²) in [7, 11) is 0. The largest absolute Gasteiger partial charge is 0.144 e. The van der Waals surface area contributed by atoms with E-state index in [2.05, 4.69) is 71.1 Å². The van der Waals surface area contributed by atoms with Crippen LogP contribution >= 0.6 is 56.7 Å². The van der Waals surface area contributed by atoms with Crippen molar-refractivity contribution in [2.24, 2.45) is 0 Å². The fourth-order valence-corrected chi connectivity index (χ4v) is 10.2. The lowest BCUT2D eigenvalue weighted by Crippen LogP contribution is -1.94. The molecule has 0 aliphatic heterocycles. The molecule has 0 spiro atoms. The van der Waals surface area contributed by atoms with E-state index in [1.807, 2.05) is 56.7 Å². The third-order valence-corrected chi connectivity index (χ3v) is 12.0. The van der Waals surface area contributed by atoms with Crippen LogP contribution < -0.4 is 0 Å². The van der Waals surface area contributed by atoms with Gasteiger partial charge < -0.3 is 0 Å². The molecule has 0 radical (unpaired) electrons. The zero-order valence-corrected chi connectivity index (χ0v) is 26.0. The Hall–Kier alpha value is -1.50. The summed E-state index contributed by atoms with van der Waals surface area (Å²) in [5.74, 6) is 0. The van der Waals surface area contributed by atoms with Crippen LogP contribution in [-0.4, -0.2) is 0 Å². The van der Waals surface area contributed by atoms with Crippen LogP contribution in [0.15, 0.2) is 57.2 Å². The van der Waals surface area contributed by atoms with Gasteiger partial charge in [-0.1, -0.05) is 58.4 Å². The molecule has 0 N–H and O–H groups in total. The zero-order valence-electron chi connectivity index (χ0n) is 21.9. The van der Waals surface area contributed by atoms with E-state index in [-0.39, 0.29) is 0 Å². The van der Waals surface area contributed by atoms with E-state index in [0.29, 0.717) is 0 Å². The Morgan fingerprint density at radius 3 is 1.81 bits per heavy atom. The predicted octanol–water partition coefficient (Wildman–Crippen LogP) is 12.9. The first-order valence-electron chi connectivity index (χ1n) is 13.7. The van der Waals surface area contributed by atoms with Gasteiger partial charge in [0.15, 0.2) is 0 Å². The minimum absolute atomic E-state index is 1.23. The van der Waals surface area contributed by atoms with Crippen molar-refractivity contribution in [3.8, 4) is 41.1 Å². The highest BCUT2D eigenvalue weighted by molar-refractivity contribution is 7.22. The maximum atomic E-state index is 2.49. The first kappa shape index (κ1) is 27.1. The van der Waals surface area contributed by atoms with Crippen molar-refractivity contribution in [3.05, 3.63) is 68.4 Å². The highest BCUT2D eigenvalue weighted by Gasteiger charge is 2.22. The van der Waals surface area contributed by atoms with Crippen molar-refractivity contribution in [2.75, 3.05) is 0 Å². The summed E-state index contributed by atoms with van der Waals surface area (Å²) in [6.45, 7) is 4.61. The summed E-state index contributed by atoms with van der Waals surface area (Å²) < 4.78 is 0. The van der Waals surface area contributed by atoms with Gasteiger partial charge >= 0.3 is 0 Å². The van der Waals surface area contributed by atoms with Gasteiger partial charge in [0.05, 0.1) is 4.88 Å². The molecule has 0 nitrogen and oxygen atoms in total. The van der Waals surface area contributed by atoms with Crippen molar-refractivity contribution in [2.45, 2.75) is 78.1 Å². The fourth-order valence-electron chi connectivity index (χ4n) is 5.07. The Balaban J connectivity index is 1.49. The van der Waals surface area contributed by atoms with E-state index in [1.165, 1.54) is 105 Å². The van der Waals surface area contributed by atoms with Crippen molar-refractivity contribution in [3.63, 3.8) is 0 Å². The molecule has 0 aromatic carbocycles. The molecule has 0 saturated carbocycles. The van der Waals surface area contributed by atoms with E-state index in [1.54, 1.807) is 11.1 Å². The molecule has 0 aliphatic carbocycles. The van der Waals surface area contributed by atoms with E-state index < -0.39 is 0 Å². The molecule has 5 aromatic heterocycles. The van der Waals surface area contributed by atoms with Gasteiger partial charge in [0.25, 0.3) is 0 Å². The quantitative estimate of drug-likeness (QED) is 0.115. The first-order chi connectivity index (χ1) is 18.3. The van der Waals surface area contributed by atoms with Gasteiger partial charge in [-0.3, -0.25) is 0 Å². The molecule has 5 aromatic rings. The molecule has 0 unspecified atom stereocenters. The van der Waals surface area contributed by atoms with Gasteiger partial charge in [-0.2, -0.15) is 0 Å².